The summed E-state index contributed by atoms with van der Waals surface area (Å²) in [6.45, 7) is 1.50. The van der Waals surface area contributed by atoms with Gasteiger partial charge in [-0.15, -0.1) is 0 Å². The molecule has 1 atom stereocenters. The first-order chi connectivity index (χ1) is 12.7. The van der Waals surface area contributed by atoms with E-state index < -0.39 is 0 Å². The number of rotatable bonds is 6. The molecule has 1 fully saturated rings. The molecule has 0 radical (unpaired) electrons. The van der Waals surface area contributed by atoms with Gasteiger partial charge in [-0.2, -0.15) is 0 Å². The predicted octanol–water partition coefficient (Wildman–Crippen LogP) is 4.66. The van der Waals surface area contributed by atoms with Crippen molar-refractivity contribution in [2.45, 2.75) is 44.8 Å². The first-order valence-electron chi connectivity index (χ1n) is 9.42. The number of fused-ring (bicyclic) bond motifs is 1. The highest BCUT2D eigenvalue weighted by Gasteiger charge is 2.22. The fraction of sp³-hybridized carbons (Fsp3) is 0.409. The van der Waals surface area contributed by atoms with Crippen molar-refractivity contribution in [2.24, 2.45) is 5.92 Å². The summed E-state index contributed by atoms with van der Waals surface area (Å²) in [5.74, 6) is 0.794. The van der Waals surface area contributed by atoms with Gasteiger partial charge in [0.1, 0.15) is 0 Å². The van der Waals surface area contributed by atoms with Crippen molar-refractivity contribution in [3.8, 4) is 0 Å². The summed E-state index contributed by atoms with van der Waals surface area (Å²) in [5, 5.41) is 3.19. The van der Waals surface area contributed by atoms with Gasteiger partial charge in [-0.05, 0) is 79.0 Å². The van der Waals surface area contributed by atoms with Crippen LogP contribution in [-0.2, 0) is 24.2 Å². The third-order valence-corrected chi connectivity index (χ3v) is 5.76. The largest absolute Gasteiger partial charge is 0.376 e. The minimum atomic E-state index is 0.0148. The maximum atomic E-state index is 12.6. The zero-order chi connectivity index (χ0) is 17.9. The summed E-state index contributed by atoms with van der Waals surface area (Å²) >= 11 is 3.53. The maximum absolute atomic E-state index is 12.6. The van der Waals surface area contributed by atoms with Gasteiger partial charge in [0.2, 0.25) is 0 Å². The van der Waals surface area contributed by atoms with E-state index in [2.05, 4.69) is 39.4 Å². The SMILES string of the molecule is O=C(NC1CCc2cc(Br)ccc2C1)c1ccc(COCC2CC2)cc1. The highest BCUT2D eigenvalue weighted by molar-refractivity contribution is 9.10. The van der Waals surface area contributed by atoms with Crippen molar-refractivity contribution < 1.29 is 9.53 Å². The van der Waals surface area contributed by atoms with Gasteiger partial charge in [0.25, 0.3) is 5.91 Å². The van der Waals surface area contributed by atoms with Gasteiger partial charge in [-0.3, -0.25) is 4.79 Å². The summed E-state index contributed by atoms with van der Waals surface area (Å²) in [4.78, 5) is 12.6. The monoisotopic (exact) mass is 413 g/mol. The van der Waals surface area contributed by atoms with Crippen molar-refractivity contribution in [1.82, 2.24) is 5.32 Å². The lowest BCUT2D eigenvalue weighted by Crippen LogP contribution is -2.38. The van der Waals surface area contributed by atoms with Gasteiger partial charge in [-0.1, -0.05) is 34.1 Å². The third kappa shape index (κ3) is 4.54. The van der Waals surface area contributed by atoms with Crippen molar-refractivity contribution in [1.29, 1.82) is 0 Å². The average molecular weight is 414 g/mol. The zero-order valence-corrected chi connectivity index (χ0v) is 16.4. The molecule has 3 nitrogen and oxygen atoms in total. The Morgan fingerprint density at radius 2 is 1.88 bits per heavy atom. The van der Waals surface area contributed by atoms with E-state index in [1.165, 1.54) is 24.0 Å². The molecule has 1 unspecified atom stereocenters. The Hall–Kier alpha value is -1.65. The lowest BCUT2D eigenvalue weighted by atomic mass is 9.88. The van der Waals surface area contributed by atoms with Gasteiger partial charge >= 0.3 is 0 Å². The second-order valence-electron chi connectivity index (χ2n) is 7.48. The van der Waals surface area contributed by atoms with Crippen LogP contribution in [0.25, 0.3) is 0 Å². The molecule has 0 aromatic heterocycles. The van der Waals surface area contributed by atoms with Crippen LogP contribution in [0.1, 0.15) is 46.3 Å². The van der Waals surface area contributed by atoms with Crippen LogP contribution in [0.3, 0.4) is 0 Å². The number of nitrogens with one attached hydrogen (secondary N) is 1. The van der Waals surface area contributed by atoms with E-state index in [9.17, 15) is 4.79 Å². The van der Waals surface area contributed by atoms with Gasteiger partial charge in [0.15, 0.2) is 0 Å². The number of amides is 1. The molecule has 0 bridgehead atoms. The number of aryl methyl sites for hydroxylation is 1. The predicted molar refractivity (Wildman–Crippen MR) is 106 cm³/mol. The van der Waals surface area contributed by atoms with Crippen LogP contribution in [0.2, 0.25) is 0 Å². The van der Waals surface area contributed by atoms with Gasteiger partial charge in [-0.25, -0.2) is 0 Å². The number of benzene rings is 2. The molecule has 136 valence electrons. The highest BCUT2D eigenvalue weighted by Crippen LogP contribution is 2.29. The third-order valence-electron chi connectivity index (χ3n) is 5.27. The summed E-state index contributed by atoms with van der Waals surface area (Å²) in [7, 11) is 0. The Morgan fingerprint density at radius 3 is 2.65 bits per heavy atom. The molecule has 1 amide bonds. The number of halogens is 1. The molecule has 1 saturated carbocycles. The van der Waals surface area contributed by atoms with Crippen molar-refractivity contribution in [2.75, 3.05) is 6.61 Å². The number of hydrogen-bond acceptors (Lipinski definition) is 2. The van der Waals surface area contributed by atoms with Crippen molar-refractivity contribution >= 4 is 21.8 Å². The molecule has 0 saturated heterocycles. The van der Waals surface area contributed by atoms with E-state index in [1.807, 2.05) is 24.3 Å². The summed E-state index contributed by atoms with van der Waals surface area (Å²) in [6.07, 6.45) is 5.52. The molecule has 2 aliphatic carbocycles. The Morgan fingerprint density at radius 1 is 1.08 bits per heavy atom. The average Bonchev–Trinajstić information content (AvgIpc) is 3.47. The van der Waals surface area contributed by atoms with E-state index in [4.69, 9.17) is 4.74 Å². The fourth-order valence-electron chi connectivity index (χ4n) is 3.50. The molecule has 4 rings (SSSR count). The van der Waals surface area contributed by atoms with Gasteiger partial charge in [0, 0.05) is 22.7 Å². The summed E-state index contributed by atoms with van der Waals surface area (Å²) in [5.41, 5.74) is 4.57. The molecule has 4 heteroatoms. The van der Waals surface area contributed by atoms with Crippen LogP contribution >= 0.6 is 15.9 Å². The van der Waals surface area contributed by atoms with Crippen LogP contribution in [0.4, 0.5) is 0 Å². The summed E-state index contributed by atoms with van der Waals surface area (Å²) in [6, 6.07) is 14.4. The number of carbonyl (C=O) groups excluding carboxylic acids is 1. The van der Waals surface area contributed by atoms with E-state index in [0.717, 1.165) is 47.4 Å². The van der Waals surface area contributed by atoms with Crippen LogP contribution in [0.5, 0.6) is 0 Å². The molecule has 2 aromatic carbocycles. The lowest BCUT2D eigenvalue weighted by Gasteiger charge is -2.25. The minimum absolute atomic E-state index is 0.0148. The Balaban J connectivity index is 1.30. The maximum Gasteiger partial charge on any atom is 0.251 e. The molecule has 0 aliphatic heterocycles. The summed E-state index contributed by atoms with van der Waals surface area (Å²) < 4.78 is 6.83. The van der Waals surface area contributed by atoms with Crippen LogP contribution in [0.15, 0.2) is 46.9 Å². The van der Waals surface area contributed by atoms with E-state index in [0.29, 0.717) is 6.61 Å². The van der Waals surface area contributed by atoms with Gasteiger partial charge in [0.05, 0.1) is 6.61 Å². The van der Waals surface area contributed by atoms with Crippen LogP contribution < -0.4 is 5.32 Å². The standard InChI is InChI=1S/C22H24BrNO2/c23-20-9-7-19-12-21(10-8-18(19)11-20)24-22(25)17-5-3-16(4-6-17)14-26-13-15-1-2-15/h3-7,9,11,15,21H,1-2,8,10,12-14H2,(H,24,25). The quantitative estimate of drug-likeness (QED) is 0.747. The lowest BCUT2D eigenvalue weighted by molar-refractivity contribution is 0.0933. The second-order valence-corrected chi connectivity index (χ2v) is 8.40. The fourth-order valence-corrected chi connectivity index (χ4v) is 3.90. The number of hydrogen-bond donors (Lipinski definition) is 1. The van der Waals surface area contributed by atoms with Crippen LogP contribution in [-0.4, -0.2) is 18.6 Å². The Bertz CT molecular complexity index is 783. The topological polar surface area (TPSA) is 38.3 Å². The normalized spacial score (nSPS) is 19.0. The van der Waals surface area contributed by atoms with E-state index in [1.54, 1.807) is 0 Å². The smallest absolute Gasteiger partial charge is 0.251 e. The highest BCUT2D eigenvalue weighted by atomic mass is 79.9. The van der Waals surface area contributed by atoms with E-state index >= 15 is 0 Å². The number of carbonyl (C=O) groups is 1. The minimum Gasteiger partial charge on any atom is -0.376 e. The van der Waals surface area contributed by atoms with Gasteiger partial charge < -0.3 is 10.1 Å². The molecule has 2 aromatic rings. The molecule has 0 heterocycles. The Labute approximate surface area is 163 Å². The molecule has 0 spiro atoms. The molecular weight excluding hydrogens is 390 g/mol. The van der Waals surface area contributed by atoms with Crippen molar-refractivity contribution in [3.63, 3.8) is 0 Å². The first-order valence-corrected chi connectivity index (χ1v) is 10.2. The first kappa shape index (κ1) is 17.7. The molecule has 26 heavy (non-hydrogen) atoms. The van der Waals surface area contributed by atoms with Crippen molar-refractivity contribution in [3.05, 3.63) is 69.2 Å². The molecule has 1 N–H and O–H groups in total. The zero-order valence-electron chi connectivity index (χ0n) is 14.8. The molecular formula is C22H24BrNO2. The second kappa shape index (κ2) is 7.93. The molecule has 2 aliphatic rings. The van der Waals surface area contributed by atoms with Crippen LogP contribution in [0, 0.1) is 5.92 Å². The Kier molecular flexibility index (Phi) is 5.41. The van der Waals surface area contributed by atoms with E-state index in [-0.39, 0.29) is 11.9 Å². The number of ether oxygens (including phenoxy) is 1.